The summed E-state index contributed by atoms with van der Waals surface area (Å²) >= 11 is 0. The molecule has 0 N–H and O–H groups in total. The minimum atomic E-state index is -0.983. The number of hydrogen-bond donors (Lipinski definition) is 0. The van der Waals surface area contributed by atoms with Gasteiger partial charge in [0.2, 0.25) is 5.91 Å². The number of carbonyl (C=O) groups excluding carboxylic acids is 2. The van der Waals surface area contributed by atoms with E-state index in [4.69, 9.17) is 9.47 Å². The molecule has 2 rings (SSSR count). The van der Waals surface area contributed by atoms with E-state index in [-0.39, 0.29) is 23.7 Å². The predicted octanol–water partition coefficient (Wildman–Crippen LogP) is 0.574. The quantitative estimate of drug-likeness (QED) is 0.691. The van der Waals surface area contributed by atoms with E-state index in [1.165, 1.54) is 7.11 Å². The molecule has 0 radical (unpaired) electrons. The van der Waals surface area contributed by atoms with Crippen molar-refractivity contribution in [3.63, 3.8) is 0 Å². The van der Waals surface area contributed by atoms with Crippen LogP contribution >= 0.6 is 0 Å². The van der Waals surface area contributed by atoms with Gasteiger partial charge in [0.1, 0.15) is 5.41 Å². The van der Waals surface area contributed by atoms with Crippen LogP contribution in [0.5, 0.6) is 0 Å². The van der Waals surface area contributed by atoms with Crippen LogP contribution in [0.3, 0.4) is 0 Å². The van der Waals surface area contributed by atoms with Crippen LogP contribution in [0.15, 0.2) is 0 Å². The van der Waals surface area contributed by atoms with Crippen molar-refractivity contribution >= 4 is 11.9 Å². The molecule has 0 aromatic heterocycles. The predicted molar refractivity (Wildman–Crippen MR) is 69.3 cm³/mol. The molecule has 2 fully saturated rings. The van der Waals surface area contributed by atoms with Crippen molar-refractivity contribution in [2.45, 2.75) is 19.8 Å². The Morgan fingerprint density at radius 1 is 1.35 bits per heavy atom. The number of amides is 1. The second-order valence-electron chi connectivity index (χ2n) is 5.62. The van der Waals surface area contributed by atoms with Gasteiger partial charge in [-0.15, -0.1) is 0 Å². The third-order valence-corrected chi connectivity index (χ3v) is 4.37. The first kappa shape index (κ1) is 14.8. The molecule has 6 heteroatoms. The summed E-state index contributed by atoms with van der Waals surface area (Å²) in [7, 11) is 1.36. The summed E-state index contributed by atoms with van der Waals surface area (Å²) in [5.41, 5.74) is -0.983. The van der Waals surface area contributed by atoms with Crippen LogP contribution in [-0.2, 0) is 19.1 Å². The molecule has 0 spiro atoms. The lowest BCUT2D eigenvalue weighted by Gasteiger charge is -2.33. The zero-order chi connectivity index (χ0) is 14.8. The third kappa shape index (κ3) is 2.50. The van der Waals surface area contributed by atoms with Crippen LogP contribution in [0.1, 0.15) is 19.8 Å². The highest BCUT2D eigenvalue weighted by Gasteiger charge is 2.47. The number of hydrogen-bond acceptors (Lipinski definition) is 5. The third-order valence-electron chi connectivity index (χ3n) is 4.37. The van der Waals surface area contributed by atoms with E-state index < -0.39 is 5.41 Å². The number of rotatable bonds is 2. The van der Waals surface area contributed by atoms with Crippen LogP contribution in [0.2, 0.25) is 0 Å². The van der Waals surface area contributed by atoms with E-state index in [1.807, 2.05) is 6.92 Å². The van der Waals surface area contributed by atoms with E-state index >= 15 is 0 Å². The Morgan fingerprint density at radius 3 is 2.55 bits per heavy atom. The normalized spacial score (nSPS) is 28.8. The van der Waals surface area contributed by atoms with Gasteiger partial charge in [-0.3, -0.25) is 9.59 Å². The largest absolute Gasteiger partial charge is 0.469 e. The standard InChI is InChI=1S/C14H20N2O4/c1-10-7-16(8-11(10)12(17)19-2)13(18)14(9-15)3-5-20-6-4-14/h10-11H,3-8H2,1-2H3. The van der Waals surface area contributed by atoms with Gasteiger partial charge >= 0.3 is 5.97 Å². The maximum absolute atomic E-state index is 12.7. The summed E-state index contributed by atoms with van der Waals surface area (Å²) in [4.78, 5) is 26.0. The highest BCUT2D eigenvalue weighted by atomic mass is 16.5. The molecule has 2 atom stereocenters. The fourth-order valence-electron chi connectivity index (χ4n) is 2.99. The summed E-state index contributed by atoms with van der Waals surface area (Å²) in [6, 6.07) is 2.18. The molecule has 20 heavy (non-hydrogen) atoms. The van der Waals surface area contributed by atoms with Crippen LogP contribution in [0.4, 0.5) is 0 Å². The molecular formula is C14H20N2O4. The van der Waals surface area contributed by atoms with Crippen molar-refractivity contribution in [3.8, 4) is 6.07 Å². The van der Waals surface area contributed by atoms with Gasteiger partial charge in [0, 0.05) is 26.3 Å². The number of carbonyl (C=O) groups is 2. The zero-order valence-electron chi connectivity index (χ0n) is 11.9. The number of likely N-dealkylation sites (tertiary alicyclic amines) is 1. The molecule has 2 aliphatic rings. The van der Waals surface area contributed by atoms with Gasteiger partial charge in [-0.05, 0) is 18.8 Å². The summed E-state index contributed by atoms with van der Waals surface area (Å²) in [5, 5.41) is 9.41. The summed E-state index contributed by atoms with van der Waals surface area (Å²) in [6.45, 7) is 3.64. The Kier molecular flexibility index (Phi) is 4.29. The molecular weight excluding hydrogens is 260 g/mol. The molecule has 2 saturated heterocycles. The van der Waals surface area contributed by atoms with Crippen molar-refractivity contribution in [3.05, 3.63) is 0 Å². The van der Waals surface area contributed by atoms with Crippen LogP contribution in [0, 0.1) is 28.6 Å². The Hall–Kier alpha value is -1.61. The van der Waals surface area contributed by atoms with Crippen molar-refractivity contribution in [1.29, 1.82) is 5.26 Å². The Bertz CT molecular complexity index is 437. The molecule has 0 aliphatic carbocycles. The number of ether oxygens (including phenoxy) is 2. The van der Waals surface area contributed by atoms with Gasteiger partial charge in [0.05, 0.1) is 19.1 Å². The molecule has 0 aromatic rings. The molecule has 2 heterocycles. The number of nitrogens with zero attached hydrogens (tertiary/aromatic N) is 2. The van der Waals surface area contributed by atoms with Crippen LogP contribution in [-0.4, -0.2) is 50.2 Å². The molecule has 0 aromatic carbocycles. The SMILES string of the molecule is COC(=O)C1CN(C(=O)C2(C#N)CCOCC2)CC1C. The van der Waals surface area contributed by atoms with E-state index in [0.29, 0.717) is 39.1 Å². The highest BCUT2D eigenvalue weighted by molar-refractivity contribution is 5.87. The first-order valence-electron chi connectivity index (χ1n) is 6.90. The maximum Gasteiger partial charge on any atom is 0.310 e. The fraction of sp³-hybridized carbons (Fsp3) is 0.786. The van der Waals surface area contributed by atoms with Gasteiger partial charge in [-0.1, -0.05) is 6.92 Å². The number of methoxy groups -OCH3 is 1. The second kappa shape index (κ2) is 5.80. The van der Waals surface area contributed by atoms with Gasteiger partial charge < -0.3 is 14.4 Å². The van der Waals surface area contributed by atoms with Gasteiger partial charge in [0.25, 0.3) is 0 Å². The summed E-state index contributed by atoms with van der Waals surface area (Å²) < 4.78 is 10.0. The monoisotopic (exact) mass is 280 g/mol. The van der Waals surface area contributed by atoms with E-state index in [0.717, 1.165) is 0 Å². The molecule has 1 amide bonds. The highest BCUT2D eigenvalue weighted by Crippen LogP contribution is 2.35. The summed E-state index contributed by atoms with van der Waals surface area (Å²) in [6.07, 6.45) is 0.853. The summed E-state index contributed by atoms with van der Waals surface area (Å²) in [5.74, 6) is -0.686. The van der Waals surface area contributed by atoms with Crippen molar-refractivity contribution in [2.75, 3.05) is 33.4 Å². The lowest BCUT2D eigenvalue weighted by molar-refractivity contribution is -0.146. The van der Waals surface area contributed by atoms with Crippen LogP contribution in [0.25, 0.3) is 0 Å². The molecule has 6 nitrogen and oxygen atoms in total. The van der Waals surface area contributed by atoms with E-state index in [1.54, 1.807) is 4.90 Å². The first-order valence-corrected chi connectivity index (χ1v) is 6.90. The smallest absolute Gasteiger partial charge is 0.310 e. The molecule has 110 valence electrons. The van der Waals surface area contributed by atoms with Crippen molar-refractivity contribution < 1.29 is 19.1 Å². The Morgan fingerprint density at radius 2 is 2.00 bits per heavy atom. The van der Waals surface area contributed by atoms with Crippen molar-refractivity contribution in [2.24, 2.45) is 17.3 Å². The topological polar surface area (TPSA) is 79.6 Å². The Balaban J connectivity index is 2.10. The fourth-order valence-corrected chi connectivity index (χ4v) is 2.99. The molecule has 2 aliphatic heterocycles. The zero-order valence-corrected chi connectivity index (χ0v) is 11.9. The first-order chi connectivity index (χ1) is 9.54. The minimum Gasteiger partial charge on any atom is -0.469 e. The van der Waals surface area contributed by atoms with Gasteiger partial charge in [0.15, 0.2) is 0 Å². The van der Waals surface area contributed by atoms with E-state index in [9.17, 15) is 14.9 Å². The molecule has 0 saturated carbocycles. The minimum absolute atomic E-state index is 0.0574. The van der Waals surface area contributed by atoms with Crippen molar-refractivity contribution in [1.82, 2.24) is 4.90 Å². The number of nitriles is 1. The molecule has 2 unspecified atom stereocenters. The molecule has 0 bridgehead atoms. The maximum atomic E-state index is 12.7. The lowest BCUT2D eigenvalue weighted by atomic mass is 9.80. The number of esters is 1. The second-order valence-corrected chi connectivity index (χ2v) is 5.62. The Labute approximate surface area is 118 Å². The van der Waals surface area contributed by atoms with E-state index in [2.05, 4.69) is 6.07 Å². The average Bonchev–Trinajstić information content (AvgIpc) is 2.88. The van der Waals surface area contributed by atoms with Gasteiger partial charge in [-0.2, -0.15) is 5.26 Å². The average molecular weight is 280 g/mol. The van der Waals surface area contributed by atoms with Crippen LogP contribution < -0.4 is 0 Å². The van der Waals surface area contributed by atoms with Gasteiger partial charge in [-0.25, -0.2) is 0 Å². The lowest BCUT2D eigenvalue weighted by Crippen LogP contribution is -2.45.